The number of hydrogen-bond donors (Lipinski definition) is 0. The quantitative estimate of drug-likeness (QED) is 0.149. The van der Waals surface area contributed by atoms with E-state index in [0.717, 1.165) is 27.6 Å². The van der Waals surface area contributed by atoms with Crippen molar-refractivity contribution in [3.8, 4) is 56.3 Å². The zero-order valence-electron chi connectivity index (χ0n) is 60.8. The van der Waals surface area contributed by atoms with E-state index < -0.39 is 0 Å². The van der Waals surface area contributed by atoms with Crippen LogP contribution in [0.15, 0.2) is 284 Å². The van der Waals surface area contributed by atoms with Gasteiger partial charge in [0.15, 0.2) is 11.8 Å². The van der Waals surface area contributed by atoms with Gasteiger partial charge in [-0.05, 0) is 179 Å². The fourth-order valence-electron chi connectivity index (χ4n) is 13.8. The van der Waals surface area contributed by atoms with Crippen LogP contribution in [0.2, 0.25) is 0 Å². The minimum Gasteiger partial charge on any atom is -0.437 e. The third-order valence-electron chi connectivity index (χ3n) is 19.2. The molecule has 7 heterocycles. The summed E-state index contributed by atoms with van der Waals surface area (Å²) in [4.78, 5) is 4.57. The number of pyridine rings is 6. The van der Waals surface area contributed by atoms with E-state index in [9.17, 15) is 0 Å². The minimum absolute atomic E-state index is 0.486. The van der Waals surface area contributed by atoms with Gasteiger partial charge in [-0.25, -0.2) is 9.55 Å². The molecule has 0 amide bonds. The molecule has 0 unspecified atom stereocenters. The molecule has 0 aliphatic heterocycles. The lowest BCUT2D eigenvalue weighted by molar-refractivity contribution is -0.660. The molecule has 16 aromatic rings. The van der Waals surface area contributed by atoms with Gasteiger partial charge in [0.05, 0.1) is 5.56 Å². The summed E-state index contributed by atoms with van der Waals surface area (Å²) in [5.41, 5.74) is 29.2. The fraction of sp³-hybridized carbons (Fsp3) is 0.183. The smallest absolute Gasteiger partial charge is 0.227 e. The Balaban J connectivity index is 0.000000119. The van der Waals surface area contributed by atoms with E-state index in [1.807, 2.05) is 19.1 Å². The van der Waals surface area contributed by atoms with Gasteiger partial charge < -0.3 is 4.42 Å². The Morgan fingerprint density at radius 3 is 1.22 bits per heavy atom. The highest BCUT2D eigenvalue weighted by molar-refractivity contribution is 6.08. The first-order valence-corrected chi connectivity index (χ1v) is 34.9. The maximum absolute atomic E-state index is 6.23. The number of rotatable bonds is 7. The fourth-order valence-corrected chi connectivity index (χ4v) is 13.8. The first kappa shape index (κ1) is 68.7. The van der Waals surface area contributed by atoms with Gasteiger partial charge >= 0.3 is 0 Å². The van der Waals surface area contributed by atoms with Crippen molar-refractivity contribution in [2.24, 2.45) is 35.2 Å². The van der Waals surface area contributed by atoms with Crippen molar-refractivity contribution in [3.63, 3.8) is 0 Å². The first-order chi connectivity index (χ1) is 48.3. The molecule has 0 saturated carbocycles. The molecule has 9 aromatic carbocycles. The molecule has 7 nitrogen and oxygen atoms in total. The van der Waals surface area contributed by atoms with Crippen LogP contribution in [0.1, 0.15) is 84.2 Å². The number of fused-ring (bicyclic) bond motifs is 7. The summed E-state index contributed by atoms with van der Waals surface area (Å²) in [6.45, 7) is 21.7. The zero-order valence-corrected chi connectivity index (χ0v) is 60.8. The SMILES string of the molecule is C[n+]1c(-c2ccccc2)ccc2ccccc21.Cc1cc(-c2ccc3ccccc3[n+]2C)cc(C(C)C)c1.Cc1cc(C)cc(-c2ccc3ccccc3[n+]2C)c1.Cc1ccc2c(n1)oc1c(-c3cc(C(C)C)cc[n+]3C)c(C)ccc12.Cc1cccc(-c2ccc3ccccc3[n+]2C)c1. The molecule has 0 atom stereocenters. The Morgan fingerprint density at radius 2 is 0.730 bits per heavy atom. The van der Waals surface area contributed by atoms with Gasteiger partial charge in [0, 0.05) is 121 Å². The number of hydrogen-bond acceptors (Lipinski definition) is 2. The molecule has 7 heteroatoms. The van der Waals surface area contributed by atoms with Crippen molar-refractivity contribution in [1.29, 1.82) is 0 Å². The van der Waals surface area contributed by atoms with E-state index in [0.29, 0.717) is 17.5 Å². The summed E-state index contributed by atoms with van der Waals surface area (Å²) < 4.78 is 17.4. The van der Waals surface area contributed by atoms with Gasteiger partial charge in [-0.1, -0.05) is 153 Å². The maximum Gasteiger partial charge on any atom is 0.227 e. The van der Waals surface area contributed by atoms with E-state index in [2.05, 4.69) is 392 Å². The van der Waals surface area contributed by atoms with Crippen LogP contribution in [0.25, 0.3) is 122 Å². The number of furan rings is 1. The lowest BCUT2D eigenvalue weighted by Gasteiger charge is -2.10. The van der Waals surface area contributed by atoms with Crippen LogP contribution in [0.5, 0.6) is 0 Å². The molecule has 0 aliphatic rings. The average molecular weight is 1310 g/mol. The van der Waals surface area contributed by atoms with Gasteiger partial charge in [0.25, 0.3) is 0 Å². The van der Waals surface area contributed by atoms with Gasteiger partial charge in [0.2, 0.25) is 56.2 Å². The molecule has 7 aromatic heterocycles. The second-order valence-corrected chi connectivity index (χ2v) is 27.4. The van der Waals surface area contributed by atoms with E-state index >= 15 is 0 Å². The van der Waals surface area contributed by atoms with E-state index in [4.69, 9.17) is 4.42 Å². The summed E-state index contributed by atoms with van der Waals surface area (Å²) >= 11 is 0. The third kappa shape index (κ3) is 15.1. The highest BCUT2D eigenvalue weighted by Crippen LogP contribution is 2.37. The molecule has 0 bridgehead atoms. The van der Waals surface area contributed by atoms with Gasteiger partial charge in [0.1, 0.15) is 35.2 Å². The van der Waals surface area contributed by atoms with Crippen LogP contribution in [0.4, 0.5) is 0 Å². The lowest BCUT2D eigenvalue weighted by atomic mass is 9.96. The van der Waals surface area contributed by atoms with E-state index in [-0.39, 0.29) is 0 Å². The monoisotopic (exact) mass is 1310 g/mol. The van der Waals surface area contributed by atoms with Crippen LogP contribution < -0.4 is 22.8 Å². The second-order valence-electron chi connectivity index (χ2n) is 27.4. The second kappa shape index (κ2) is 30.2. The van der Waals surface area contributed by atoms with Crippen LogP contribution in [0.3, 0.4) is 0 Å². The highest BCUT2D eigenvalue weighted by Gasteiger charge is 2.23. The molecule has 0 fully saturated rings. The molecular formula is C93H93N6O+5. The van der Waals surface area contributed by atoms with Crippen molar-refractivity contribution >= 4 is 65.7 Å². The standard InChI is InChI=1S/C22H23N2O.C20H22N.C18H18N.C17H16N.C16H14N/c1-13(2)16-10-11-24(5)19(12-16)20-14(3)6-8-17-18-9-7-15(4)23-22(18)25-21(17)20;1-14(2)17-11-15(3)12-18(13-17)20-10-9-16-7-5-6-8-19(16)21(20)4;1-13-10-14(2)12-16(11-13)18-9-8-15-6-4-5-7-17(15)19(18)3;1-13-6-5-8-15(12-13)17-11-10-14-7-3-4-9-16(14)18(17)2;1-17-15-10-6-5-9-14(15)11-12-16(17)13-7-3-2-4-8-13/h6-13H,1-5H3;5-14H,1-4H3;4-12H,1-3H3;3-12H,1-2H3;2-12H,1H3/q5*+1. The zero-order chi connectivity index (χ0) is 70.3. The minimum atomic E-state index is 0.486. The number of nitrogens with zero attached hydrogens (tertiary/aromatic N) is 6. The van der Waals surface area contributed by atoms with Gasteiger partial charge in [-0.3, -0.25) is 0 Å². The Morgan fingerprint density at radius 1 is 0.310 bits per heavy atom. The average Bonchev–Trinajstić information content (AvgIpc) is 1.59. The number of benzene rings is 9. The summed E-state index contributed by atoms with van der Waals surface area (Å²) in [6.07, 6.45) is 2.13. The molecule has 496 valence electrons. The van der Waals surface area contributed by atoms with Crippen molar-refractivity contribution < 1.29 is 27.3 Å². The van der Waals surface area contributed by atoms with Crippen molar-refractivity contribution in [2.75, 3.05) is 0 Å². The lowest BCUT2D eigenvalue weighted by Crippen LogP contribution is -2.31. The topological polar surface area (TPSA) is 45.4 Å². The third-order valence-corrected chi connectivity index (χ3v) is 19.2. The number of para-hydroxylation sites is 4. The molecular weight excluding hydrogens is 1220 g/mol. The van der Waals surface area contributed by atoms with Crippen molar-refractivity contribution in [1.82, 2.24) is 4.98 Å². The summed E-state index contributed by atoms with van der Waals surface area (Å²) in [6, 6.07) is 97.1. The molecule has 0 radical (unpaired) electrons. The molecule has 0 saturated heterocycles. The Hall–Kier alpha value is -11.3. The van der Waals surface area contributed by atoms with Gasteiger partial charge in [-0.15, -0.1) is 0 Å². The highest BCUT2D eigenvalue weighted by atomic mass is 16.3. The normalized spacial score (nSPS) is 11.1. The molecule has 0 N–H and O–H groups in total. The van der Waals surface area contributed by atoms with Crippen LogP contribution >= 0.6 is 0 Å². The molecule has 16 rings (SSSR count). The van der Waals surface area contributed by atoms with Crippen molar-refractivity contribution in [2.45, 2.75) is 81.1 Å². The predicted molar refractivity (Wildman–Crippen MR) is 417 cm³/mol. The predicted octanol–water partition coefficient (Wildman–Crippen LogP) is 20.9. The maximum atomic E-state index is 6.23. The largest absolute Gasteiger partial charge is 0.437 e. The number of aryl methyl sites for hydroxylation is 11. The summed E-state index contributed by atoms with van der Waals surface area (Å²) in [5.74, 6) is 1.04. The van der Waals surface area contributed by atoms with E-state index in [1.165, 1.54) is 133 Å². The molecule has 100 heavy (non-hydrogen) atoms. The van der Waals surface area contributed by atoms with Gasteiger partial charge in [-0.2, -0.15) is 18.3 Å². The number of aromatic nitrogens is 6. The van der Waals surface area contributed by atoms with Crippen molar-refractivity contribution in [3.05, 3.63) is 324 Å². The Labute approximate surface area is 590 Å². The molecule has 0 spiro atoms. The summed E-state index contributed by atoms with van der Waals surface area (Å²) in [7, 11) is 10.6. The first-order valence-electron chi connectivity index (χ1n) is 34.9. The Kier molecular flexibility index (Phi) is 20.8. The van der Waals surface area contributed by atoms with Crippen LogP contribution in [-0.4, -0.2) is 4.98 Å². The molecule has 0 aliphatic carbocycles. The Bertz CT molecular complexity index is 5630. The summed E-state index contributed by atoms with van der Waals surface area (Å²) in [5, 5.41) is 7.30. The van der Waals surface area contributed by atoms with Crippen LogP contribution in [-0.2, 0) is 35.2 Å². The van der Waals surface area contributed by atoms with Crippen LogP contribution in [0, 0.1) is 41.5 Å². The van der Waals surface area contributed by atoms with E-state index in [1.54, 1.807) is 0 Å².